The molecule has 1 fully saturated rings. The second-order valence-corrected chi connectivity index (χ2v) is 6.93. The van der Waals surface area contributed by atoms with Crippen LogP contribution >= 0.6 is 0 Å². The topological polar surface area (TPSA) is 32.8 Å². The predicted octanol–water partition coefficient (Wildman–Crippen LogP) is 4.54. The Kier molecular flexibility index (Phi) is 4.77. The molecular weight excluding hydrogens is 348 g/mol. The van der Waals surface area contributed by atoms with Crippen LogP contribution in [0, 0.1) is 0 Å². The maximum atomic E-state index is 13.5. The van der Waals surface area contributed by atoms with Crippen LogP contribution in [0.1, 0.15) is 47.6 Å². The summed E-state index contributed by atoms with van der Waals surface area (Å²) in [7, 11) is 1.51. The Morgan fingerprint density at radius 1 is 1.18 bits per heavy atom. The minimum Gasteiger partial charge on any atom is -0.497 e. The summed E-state index contributed by atoms with van der Waals surface area (Å²) < 4.78 is 60.1. The molecule has 2 aromatic rings. The van der Waals surface area contributed by atoms with E-state index in [2.05, 4.69) is 17.0 Å². The number of likely N-dealkylation sites (tertiary alicyclic amines) is 1. The van der Waals surface area contributed by atoms with Crippen molar-refractivity contribution in [2.24, 2.45) is 0 Å². The van der Waals surface area contributed by atoms with Gasteiger partial charge in [-0.2, -0.15) is 0 Å². The Hall–Kier alpha value is -2.33. The van der Waals surface area contributed by atoms with Crippen molar-refractivity contribution in [3.63, 3.8) is 0 Å². The summed E-state index contributed by atoms with van der Waals surface area (Å²) >= 11 is 0. The van der Waals surface area contributed by atoms with Gasteiger partial charge >= 0.3 is 0 Å². The molecule has 3 rings (SSSR count). The van der Waals surface area contributed by atoms with E-state index < -0.39 is 31.5 Å². The summed E-state index contributed by atoms with van der Waals surface area (Å²) in [5.41, 5.74) is 1.62. The first-order valence-corrected chi connectivity index (χ1v) is 9.62. The van der Waals surface area contributed by atoms with Crippen LogP contribution in [0.15, 0.2) is 54.6 Å². The van der Waals surface area contributed by atoms with Gasteiger partial charge in [0, 0.05) is 47.3 Å². The Morgan fingerprint density at radius 3 is 2.54 bits per heavy atom. The zero-order valence-corrected chi connectivity index (χ0v) is 16.2. The van der Waals surface area contributed by atoms with Gasteiger partial charge in [0.2, 0.25) is 5.91 Å². The maximum Gasteiger partial charge on any atom is 0.227 e. The van der Waals surface area contributed by atoms with Crippen molar-refractivity contribution < 1.29 is 19.1 Å². The Labute approximate surface area is 178 Å². The molecule has 1 saturated heterocycles. The van der Waals surface area contributed by atoms with Gasteiger partial charge in [-0.05, 0) is 55.5 Å². The van der Waals surface area contributed by atoms with Crippen LogP contribution in [-0.4, -0.2) is 43.6 Å². The molecule has 0 radical (unpaired) electrons. The number of benzene rings is 2. The number of rotatable bonds is 8. The molecule has 0 aliphatic carbocycles. The molecule has 1 heterocycles. The number of carbonyl (C=O) groups excluding carboxylic acids is 1. The number of hydrogen-bond donors (Lipinski definition) is 0. The molecule has 1 aliphatic rings. The van der Waals surface area contributed by atoms with Gasteiger partial charge in [0.05, 0.1) is 7.11 Å². The molecule has 0 unspecified atom stereocenters. The highest BCUT2D eigenvalue weighted by atomic mass is 16.5. The third kappa shape index (κ3) is 5.35. The van der Waals surface area contributed by atoms with Gasteiger partial charge in [-0.1, -0.05) is 37.2 Å². The highest BCUT2D eigenvalue weighted by Crippen LogP contribution is 2.27. The van der Waals surface area contributed by atoms with Crippen molar-refractivity contribution in [2.45, 2.75) is 44.9 Å². The quantitative estimate of drug-likeness (QED) is 0.667. The SMILES string of the molecule is [2H]C([2H])([2H])C([2H])([2H])C([2H])([2H])C(=O)N(c1ccc(OC)cc1)C1CCN(CCc2ccccc2)CC1. The minimum atomic E-state index is -3.36. The average molecular weight is 388 g/mol. The number of piperidine rings is 1. The van der Waals surface area contributed by atoms with Crippen LogP contribution in [-0.2, 0) is 11.2 Å². The van der Waals surface area contributed by atoms with Crippen LogP contribution in [0.25, 0.3) is 0 Å². The van der Waals surface area contributed by atoms with Crippen molar-refractivity contribution in [1.82, 2.24) is 4.90 Å². The Morgan fingerprint density at radius 2 is 1.89 bits per heavy atom. The normalized spacial score (nSPS) is 20.5. The van der Waals surface area contributed by atoms with Gasteiger partial charge in [0.1, 0.15) is 5.75 Å². The molecule has 4 nitrogen and oxygen atoms in total. The highest BCUT2D eigenvalue weighted by Gasteiger charge is 2.28. The van der Waals surface area contributed by atoms with Crippen molar-refractivity contribution >= 4 is 11.6 Å². The van der Waals surface area contributed by atoms with Crippen molar-refractivity contribution in [3.8, 4) is 5.75 Å². The largest absolute Gasteiger partial charge is 0.497 e. The molecule has 2 aromatic carbocycles. The summed E-state index contributed by atoms with van der Waals surface area (Å²) in [6.45, 7) is -1.08. The Bertz CT molecular complexity index is 974. The molecule has 0 aromatic heterocycles. The highest BCUT2D eigenvalue weighted by molar-refractivity contribution is 5.94. The smallest absolute Gasteiger partial charge is 0.227 e. The lowest BCUT2D eigenvalue weighted by Crippen LogP contribution is -2.48. The summed E-state index contributed by atoms with van der Waals surface area (Å²) in [5.74, 6) is -0.635. The summed E-state index contributed by atoms with van der Waals surface area (Å²) in [6, 6.07) is 16.3. The van der Waals surface area contributed by atoms with E-state index >= 15 is 0 Å². The molecule has 1 aliphatic heterocycles. The molecule has 0 atom stereocenters. The fraction of sp³-hybridized carbons (Fsp3) is 0.458. The lowest BCUT2D eigenvalue weighted by molar-refractivity contribution is -0.119. The minimum absolute atomic E-state index is 0.378. The molecule has 4 heteroatoms. The first kappa shape index (κ1) is 13.0. The second-order valence-electron chi connectivity index (χ2n) is 6.93. The number of amides is 1. The van der Waals surface area contributed by atoms with Crippen LogP contribution in [0.2, 0.25) is 0 Å². The Balaban J connectivity index is 1.81. The summed E-state index contributed by atoms with van der Waals surface area (Å²) in [4.78, 5) is 17.1. The van der Waals surface area contributed by atoms with E-state index in [4.69, 9.17) is 14.3 Å². The maximum absolute atomic E-state index is 13.5. The monoisotopic (exact) mass is 387 g/mol. The van der Waals surface area contributed by atoms with Gasteiger partial charge in [0.25, 0.3) is 0 Å². The first-order valence-electron chi connectivity index (χ1n) is 13.1. The van der Waals surface area contributed by atoms with Gasteiger partial charge in [-0.3, -0.25) is 4.79 Å². The lowest BCUT2D eigenvalue weighted by Gasteiger charge is -2.38. The molecule has 0 spiro atoms. The van der Waals surface area contributed by atoms with Crippen LogP contribution < -0.4 is 9.64 Å². The van der Waals surface area contributed by atoms with Crippen LogP contribution in [0.3, 0.4) is 0 Å². The van der Waals surface area contributed by atoms with Crippen molar-refractivity contribution in [1.29, 1.82) is 0 Å². The molecule has 0 saturated carbocycles. The van der Waals surface area contributed by atoms with Crippen molar-refractivity contribution in [2.75, 3.05) is 31.6 Å². The van der Waals surface area contributed by atoms with E-state index in [0.29, 0.717) is 37.4 Å². The van der Waals surface area contributed by atoms with Crippen molar-refractivity contribution in [3.05, 3.63) is 60.2 Å². The molecule has 0 bridgehead atoms. The summed E-state index contributed by atoms with van der Waals surface area (Å²) in [6.07, 6.45) is -4.62. The van der Waals surface area contributed by atoms with Gasteiger partial charge in [-0.25, -0.2) is 0 Å². The van der Waals surface area contributed by atoms with E-state index in [0.717, 1.165) is 13.0 Å². The first-order chi connectivity index (χ1) is 16.4. The third-order valence-corrected chi connectivity index (χ3v) is 5.22. The zero-order valence-electron chi connectivity index (χ0n) is 23.2. The molecule has 28 heavy (non-hydrogen) atoms. The zero-order chi connectivity index (χ0) is 25.9. The second kappa shape index (κ2) is 10.3. The molecule has 150 valence electrons. The summed E-state index contributed by atoms with van der Waals surface area (Å²) in [5, 5.41) is 0. The average Bonchev–Trinajstić information content (AvgIpc) is 2.84. The number of methoxy groups -OCH3 is 1. The van der Waals surface area contributed by atoms with Gasteiger partial charge < -0.3 is 14.5 Å². The third-order valence-electron chi connectivity index (χ3n) is 5.22. The van der Waals surface area contributed by atoms with Gasteiger partial charge in [0.15, 0.2) is 0 Å². The number of anilines is 1. The number of carbonyl (C=O) groups is 1. The number of nitrogens with zero attached hydrogens (tertiary/aromatic N) is 2. The van der Waals surface area contributed by atoms with E-state index in [1.807, 2.05) is 18.2 Å². The molecule has 1 amide bonds. The molecular formula is C24H32N2O2. The standard InChI is InChI=1S/C24H32N2O2/c1-3-7-24(27)26(21-10-12-23(28-2)13-11-21)22-15-18-25(19-16-22)17-14-20-8-5-4-6-9-20/h4-6,8-13,22H,3,7,14-19H2,1-2H3/i1D3,3D2,7D2. The van der Waals surface area contributed by atoms with Crippen LogP contribution in [0.5, 0.6) is 5.75 Å². The number of hydrogen-bond acceptors (Lipinski definition) is 3. The van der Waals surface area contributed by atoms with Gasteiger partial charge in [-0.15, -0.1) is 0 Å². The van der Waals surface area contributed by atoms with Crippen LogP contribution in [0.4, 0.5) is 5.69 Å². The fourth-order valence-corrected chi connectivity index (χ4v) is 3.68. The predicted molar refractivity (Wildman–Crippen MR) is 115 cm³/mol. The molecule has 0 N–H and O–H groups in total. The van der Waals surface area contributed by atoms with E-state index in [9.17, 15) is 4.79 Å². The lowest BCUT2D eigenvalue weighted by atomic mass is 10.0. The van der Waals surface area contributed by atoms with E-state index in [1.165, 1.54) is 17.6 Å². The fourth-order valence-electron chi connectivity index (χ4n) is 3.68. The van der Waals surface area contributed by atoms with E-state index in [-0.39, 0.29) is 0 Å². The number of ether oxygens (including phenoxy) is 1. The van der Waals surface area contributed by atoms with E-state index in [1.54, 1.807) is 24.3 Å².